The van der Waals surface area contributed by atoms with Crippen molar-refractivity contribution in [1.29, 1.82) is 0 Å². The molecule has 4 N–H and O–H groups in total. The van der Waals surface area contributed by atoms with Crippen molar-refractivity contribution in [3.05, 3.63) is 36.5 Å². The molecule has 0 bridgehead atoms. The van der Waals surface area contributed by atoms with Crippen molar-refractivity contribution in [3.8, 4) is 0 Å². The maximum Gasteiger partial charge on any atom is 0.326 e. The molecule has 0 aliphatic carbocycles. The SMILES string of the molecule is CCCCCC/C=C\CCCCCCCC(=O)OC(CCC/C=C\C/C=C\CCCCCCC)CCCCCCCC(=O)NC(CCCN)C(=O)O. The highest BCUT2D eigenvalue weighted by molar-refractivity contribution is 5.83. The second kappa shape index (κ2) is 39.8. The summed E-state index contributed by atoms with van der Waals surface area (Å²) in [5.74, 6) is -1.27. The Morgan fingerprint density at radius 3 is 1.60 bits per heavy atom. The molecule has 0 aromatic carbocycles. The Hall–Kier alpha value is -2.41. The molecule has 2 atom stereocenters. The Kier molecular flexibility index (Phi) is 37.9. The van der Waals surface area contributed by atoms with E-state index in [1.165, 1.54) is 96.3 Å². The Labute approximate surface area is 320 Å². The molecule has 1 amide bonds. The fourth-order valence-electron chi connectivity index (χ4n) is 6.36. The Morgan fingerprint density at radius 2 is 1.02 bits per heavy atom. The Bertz CT molecular complexity index is 915. The van der Waals surface area contributed by atoms with Gasteiger partial charge in [-0.15, -0.1) is 0 Å². The molecule has 7 nitrogen and oxygen atoms in total. The van der Waals surface area contributed by atoms with Crippen LogP contribution in [0.4, 0.5) is 0 Å². The summed E-state index contributed by atoms with van der Waals surface area (Å²) < 4.78 is 6.02. The summed E-state index contributed by atoms with van der Waals surface area (Å²) in [6.45, 7) is 4.91. The Balaban J connectivity index is 4.42. The number of allylic oxidation sites excluding steroid dienone is 6. The minimum absolute atomic E-state index is 0.0329. The quantitative estimate of drug-likeness (QED) is 0.0329. The molecular formula is C45H82N2O5. The second-order valence-corrected chi connectivity index (χ2v) is 14.7. The normalized spacial score (nSPS) is 13.0. The summed E-state index contributed by atoms with van der Waals surface area (Å²) in [4.78, 5) is 36.3. The number of hydrogen-bond donors (Lipinski definition) is 3. The van der Waals surface area contributed by atoms with Crippen molar-refractivity contribution in [3.63, 3.8) is 0 Å². The van der Waals surface area contributed by atoms with E-state index in [0.29, 0.717) is 32.2 Å². The van der Waals surface area contributed by atoms with E-state index in [0.717, 1.165) is 77.0 Å². The lowest BCUT2D eigenvalue weighted by Crippen LogP contribution is -2.40. The van der Waals surface area contributed by atoms with Gasteiger partial charge < -0.3 is 20.9 Å². The molecule has 2 unspecified atom stereocenters. The van der Waals surface area contributed by atoms with E-state index in [9.17, 15) is 19.5 Å². The van der Waals surface area contributed by atoms with E-state index in [4.69, 9.17) is 10.5 Å². The average Bonchev–Trinajstić information content (AvgIpc) is 3.13. The third-order valence-electron chi connectivity index (χ3n) is 9.68. The van der Waals surface area contributed by atoms with Gasteiger partial charge in [-0.05, 0) is 109 Å². The molecule has 0 fully saturated rings. The number of carbonyl (C=O) groups excluding carboxylic acids is 2. The summed E-state index contributed by atoms with van der Waals surface area (Å²) in [5, 5.41) is 11.9. The number of hydrogen-bond acceptors (Lipinski definition) is 5. The summed E-state index contributed by atoms with van der Waals surface area (Å²) in [6, 6.07) is -0.861. The van der Waals surface area contributed by atoms with Gasteiger partial charge >= 0.3 is 11.9 Å². The van der Waals surface area contributed by atoms with Gasteiger partial charge in [0.15, 0.2) is 0 Å². The largest absolute Gasteiger partial charge is 0.480 e. The zero-order valence-electron chi connectivity index (χ0n) is 33.9. The maximum atomic E-state index is 12.8. The minimum atomic E-state index is -1.01. The molecule has 0 rings (SSSR count). The van der Waals surface area contributed by atoms with Crippen LogP contribution in [0.5, 0.6) is 0 Å². The van der Waals surface area contributed by atoms with Crippen LogP contribution in [0.15, 0.2) is 36.5 Å². The predicted octanol–water partition coefficient (Wildman–Crippen LogP) is 12.2. The van der Waals surface area contributed by atoms with Gasteiger partial charge in [0.05, 0.1) is 0 Å². The number of unbranched alkanes of at least 4 members (excludes halogenated alkanes) is 19. The van der Waals surface area contributed by atoms with Gasteiger partial charge in [-0.1, -0.05) is 134 Å². The predicted molar refractivity (Wildman–Crippen MR) is 220 cm³/mol. The van der Waals surface area contributed by atoms with Crippen LogP contribution in [0.2, 0.25) is 0 Å². The number of aliphatic carboxylic acids is 1. The van der Waals surface area contributed by atoms with E-state index in [1.807, 2.05) is 0 Å². The van der Waals surface area contributed by atoms with Gasteiger partial charge in [0.2, 0.25) is 5.91 Å². The van der Waals surface area contributed by atoms with Gasteiger partial charge in [-0.2, -0.15) is 0 Å². The number of amides is 1. The topological polar surface area (TPSA) is 119 Å². The van der Waals surface area contributed by atoms with Crippen molar-refractivity contribution < 1.29 is 24.2 Å². The van der Waals surface area contributed by atoms with Crippen molar-refractivity contribution in [2.75, 3.05) is 6.54 Å². The zero-order chi connectivity index (χ0) is 38.2. The lowest BCUT2D eigenvalue weighted by atomic mass is 10.0. The monoisotopic (exact) mass is 731 g/mol. The molecule has 0 aliphatic heterocycles. The number of rotatable bonds is 39. The second-order valence-electron chi connectivity index (χ2n) is 14.7. The van der Waals surface area contributed by atoms with Crippen LogP contribution in [-0.2, 0) is 19.1 Å². The number of carboxylic acid groups (broad SMARTS) is 1. The highest BCUT2D eigenvalue weighted by Crippen LogP contribution is 2.18. The van der Waals surface area contributed by atoms with Crippen LogP contribution in [0.3, 0.4) is 0 Å². The molecule has 0 aromatic rings. The molecule has 52 heavy (non-hydrogen) atoms. The lowest BCUT2D eigenvalue weighted by molar-refractivity contribution is -0.150. The molecule has 0 saturated carbocycles. The van der Waals surface area contributed by atoms with Crippen LogP contribution >= 0.6 is 0 Å². The molecule has 0 aromatic heterocycles. The number of carboxylic acids is 1. The van der Waals surface area contributed by atoms with E-state index in [2.05, 4.69) is 55.6 Å². The van der Waals surface area contributed by atoms with E-state index >= 15 is 0 Å². The fraction of sp³-hybridized carbons (Fsp3) is 0.800. The minimum Gasteiger partial charge on any atom is -0.480 e. The van der Waals surface area contributed by atoms with E-state index < -0.39 is 12.0 Å². The molecule has 7 heteroatoms. The van der Waals surface area contributed by atoms with Crippen molar-refractivity contribution in [2.45, 2.75) is 225 Å². The fourth-order valence-corrected chi connectivity index (χ4v) is 6.36. The van der Waals surface area contributed by atoms with Crippen LogP contribution in [-0.4, -0.2) is 41.6 Å². The third-order valence-corrected chi connectivity index (χ3v) is 9.68. The molecule has 0 spiro atoms. The van der Waals surface area contributed by atoms with Crippen LogP contribution in [0.1, 0.15) is 213 Å². The van der Waals surface area contributed by atoms with Crippen molar-refractivity contribution >= 4 is 17.8 Å². The summed E-state index contributed by atoms with van der Waals surface area (Å²) >= 11 is 0. The summed E-state index contributed by atoms with van der Waals surface area (Å²) in [5.41, 5.74) is 5.48. The van der Waals surface area contributed by atoms with Gasteiger partial charge in [-0.25, -0.2) is 4.79 Å². The Morgan fingerprint density at radius 1 is 0.558 bits per heavy atom. The highest BCUT2D eigenvalue weighted by Gasteiger charge is 2.19. The average molecular weight is 731 g/mol. The van der Waals surface area contributed by atoms with Crippen molar-refractivity contribution in [2.24, 2.45) is 5.73 Å². The van der Waals surface area contributed by atoms with Crippen LogP contribution in [0.25, 0.3) is 0 Å². The molecule has 0 heterocycles. The van der Waals surface area contributed by atoms with Gasteiger partial charge in [0.1, 0.15) is 12.1 Å². The molecular weight excluding hydrogens is 649 g/mol. The zero-order valence-corrected chi connectivity index (χ0v) is 33.9. The smallest absolute Gasteiger partial charge is 0.326 e. The van der Waals surface area contributed by atoms with E-state index in [-0.39, 0.29) is 18.0 Å². The number of nitrogens with one attached hydrogen (secondary N) is 1. The standard InChI is InChI=1S/C45H82N2O5/c1-3-5-7-9-11-13-15-17-19-21-23-26-30-35-41(36-31-27-25-28-32-38-43(48)47-42(45(50)51)37-34-40-46)52-44(49)39-33-29-24-22-20-18-16-14-12-10-8-6-4-2/h14-17,21,23,41-42H,3-13,18-20,22,24-40,46H2,1-2H3,(H,47,48)(H,50,51)/b16-14-,17-15-,23-21-. The van der Waals surface area contributed by atoms with Gasteiger partial charge in [0.25, 0.3) is 0 Å². The third kappa shape index (κ3) is 36.0. The first-order valence-corrected chi connectivity index (χ1v) is 21.8. The maximum absolute atomic E-state index is 12.8. The van der Waals surface area contributed by atoms with Crippen LogP contribution < -0.4 is 11.1 Å². The number of esters is 1. The summed E-state index contributed by atoms with van der Waals surface area (Å²) in [7, 11) is 0. The number of nitrogens with two attached hydrogens (primary N) is 1. The first kappa shape index (κ1) is 49.6. The summed E-state index contributed by atoms with van der Waals surface area (Å²) in [6.07, 6.45) is 46.1. The molecule has 302 valence electrons. The molecule has 0 saturated heterocycles. The van der Waals surface area contributed by atoms with Crippen molar-refractivity contribution in [1.82, 2.24) is 5.32 Å². The number of ether oxygens (including phenoxy) is 1. The first-order chi connectivity index (χ1) is 25.4. The lowest BCUT2D eigenvalue weighted by Gasteiger charge is -2.18. The van der Waals surface area contributed by atoms with Crippen LogP contribution in [0, 0.1) is 0 Å². The molecule has 0 radical (unpaired) electrons. The number of carbonyl (C=O) groups is 3. The van der Waals surface area contributed by atoms with Gasteiger partial charge in [-0.3, -0.25) is 9.59 Å². The first-order valence-electron chi connectivity index (χ1n) is 21.8. The van der Waals surface area contributed by atoms with Gasteiger partial charge in [0, 0.05) is 12.8 Å². The van der Waals surface area contributed by atoms with E-state index in [1.54, 1.807) is 0 Å². The molecule has 0 aliphatic rings. The highest BCUT2D eigenvalue weighted by atomic mass is 16.5.